The van der Waals surface area contributed by atoms with Crippen LogP contribution in [0, 0.1) is 5.82 Å². The lowest BCUT2D eigenvalue weighted by molar-refractivity contribution is -0.118. The Bertz CT molecular complexity index is 1090. The second kappa shape index (κ2) is 8.48. The molecule has 3 aromatic rings. The average Bonchev–Trinajstić information content (AvgIpc) is 3.33. The highest BCUT2D eigenvalue weighted by atomic mass is 32.2. The van der Waals surface area contributed by atoms with Gasteiger partial charge < -0.3 is 9.15 Å². The van der Waals surface area contributed by atoms with E-state index in [1.54, 1.807) is 25.1 Å². The third-order valence-corrected chi connectivity index (χ3v) is 5.94. The summed E-state index contributed by atoms with van der Waals surface area (Å²) >= 11 is 0. The summed E-state index contributed by atoms with van der Waals surface area (Å²) in [6, 6.07) is 8.62. The fraction of sp³-hybridized carbons (Fsp3) is 0.263. The molecule has 1 amide bonds. The number of rotatable bonds is 8. The van der Waals surface area contributed by atoms with Crippen molar-refractivity contribution in [3.05, 3.63) is 54.7 Å². The van der Waals surface area contributed by atoms with Crippen LogP contribution in [0.5, 0.6) is 5.75 Å². The third-order valence-electron chi connectivity index (χ3n) is 4.05. The molecule has 0 spiro atoms. The van der Waals surface area contributed by atoms with Crippen LogP contribution >= 0.6 is 0 Å². The summed E-state index contributed by atoms with van der Waals surface area (Å²) in [5.74, 6) is -1.33. The second-order valence-corrected chi connectivity index (χ2v) is 8.11. The summed E-state index contributed by atoms with van der Waals surface area (Å²) in [6.45, 7) is 1.33. The largest absolute Gasteiger partial charge is 0.494 e. The van der Waals surface area contributed by atoms with Gasteiger partial charge in [0, 0.05) is 12.3 Å². The maximum Gasteiger partial charge on any atom is 0.262 e. The van der Waals surface area contributed by atoms with Crippen LogP contribution in [0.25, 0.3) is 11.5 Å². The quantitative estimate of drug-likeness (QED) is 0.555. The van der Waals surface area contributed by atoms with Crippen molar-refractivity contribution in [2.45, 2.75) is 19.9 Å². The zero-order valence-corrected chi connectivity index (χ0v) is 16.7. The zero-order valence-electron chi connectivity index (χ0n) is 15.9. The van der Waals surface area contributed by atoms with E-state index < -0.39 is 21.7 Å². The molecule has 0 atom stereocenters. The first-order valence-electron chi connectivity index (χ1n) is 8.82. The number of amides is 1. The summed E-state index contributed by atoms with van der Waals surface area (Å²) in [5, 5.41) is 4.23. The molecule has 0 bridgehead atoms. The second-order valence-electron chi connectivity index (χ2n) is 6.17. The van der Waals surface area contributed by atoms with Crippen molar-refractivity contribution >= 4 is 21.6 Å². The molecule has 3 rings (SSSR count). The van der Waals surface area contributed by atoms with Crippen molar-refractivity contribution in [1.29, 1.82) is 0 Å². The fourth-order valence-electron chi connectivity index (χ4n) is 2.80. The normalized spacial score (nSPS) is 11.4. The number of methoxy groups -OCH3 is 1. The minimum Gasteiger partial charge on any atom is -0.494 e. The summed E-state index contributed by atoms with van der Waals surface area (Å²) in [7, 11) is -2.71. The molecule has 0 N–H and O–H groups in total. The Morgan fingerprint density at radius 2 is 2.10 bits per heavy atom. The van der Waals surface area contributed by atoms with Gasteiger partial charge in [0.25, 0.3) is 5.91 Å². The molecule has 0 unspecified atom stereocenters. The molecule has 0 aliphatic rings. The summed E-state index contributed by atoms with van der Waals surface area (Å²) < 4.78 is 51.6. The van der Waals surface area contributed by atoms with Crippen LogP contribution in [0.1, 0.15) is 13.3 Å². The molecule has 0 aliphatic heterocycles. The van der Waals surface area contributed by atoms with Crippen LogP contribution in [-0.4, -0.2) is 37.0 Å². The maximum atomic E-state index is 14.1. The van der Waals surface area contributed by atoms with Crippen LogP contribution in [0.15, 0.2) is 53.3 Å². The average molecular weight is 421 g/mol. The number of sulfonamides is 1. The highest BCUT2D eigenvalue weighted by molar-refractivity contribution is 7.93. The highest BCUT2D eigenvalue weighted by Crippen LogP contribution is 2.26. The number of furan rings is 1. The molecule has 0 saturated carbocycles. The van der Waals surface area contributed by atoms with Crippen LogP contribution < -0.4 is 9.04 Å². The van der Waals surface area contributed by atoms with Gasteiger partial charge in [-0.05, 0) is 36.8 Å². The predicted octanol–water partition coefficient (Wildman–Crippen LogP) is 3.06. The van der Waals surface area contributed by atoms with Crippen molar-refractivity contribution < 1.29 is 26.8 Å². The standard InChI is InChI=1S/C19H20FN3O5S/c1-3-11-29(25,26)23(14-6-7-17(27-2)15(20)12-14)19(24)13-22-9-8-16(21-22)18-5-4-10-28-18/h4-10,12H,3,11,13H2,1-2H3. The van der Waals surface area contributed by atoms with E-state index in [1.165, 1.54) is 36.4 Å². The van der Waals surface area contributed by atoms with Crippen molar-refractivity contribution in [3.63, 3.8) is 0 Å². The van der Waals surface area contributed by atoms with Gasteiger partial charge in [0.1, 0.15) is 12.2 Å². The molecule has 1 aromatic carbocycles. The van der Waals surface area contributed by atoms with E-state index in [-0.39, 0.29) is 23.7 Å². The van der Waals surface area contributed by atoms with E-state index in [1.807, 2.05) is 0 Å². The Morgan fingerprint density at radius 1 is 1.31 bits per heavy atom. The monoisotopic (exact) mass is 421 g/mol. The van der Waals surface area contributed by atoms with Gasteiger partial charge in [-0.3, -0.25) is 9.48 Å². The zero-order chi connectivity index (χ0) is 21.0. The topological polar surface area (TPSA) is 94.6 Å². The number of aromatic nitrogens is 2. The molecule has 0 saturated heterocycles. The molecule has 2 heterocycles. The minimum absolute atomic E-state index is 0.0517. The van der Waals surface area contributed by atoms with Crippen molar-refractivity contribution in [1.82, 2.24) is 9.78 Å². The summed E-state index contributed by atoms with van der Waals surface area (Å²) in [5.41, 5.74) is 0.404. The number of nitrogens with zero attached hydrogens (tertiary/aromatic N) is 3. The van der Waals surface area contributed by atoms with E-state index >= 15 is 0 Å². The summed E-state index contributed by atoms with van der Waals surface area (Å²) in [6.07, 6.45) is 3.33. The molecule has 154 valence electrons. The van der Waals surface area contributed by atoms with Crippen molar-refractivity contribution in [3.8, 4) is 17.2 Å². The smallest absolute Gasteiger partial charge is 0.262 e. The number of ether oxygens (including phenoxy) is 1. The lowest BCUT2D eigenvalue weighted by atomic mass is 10.3. The molecule has 0 aliphatic carbocycles. The van der Waals surface area contributed by atoms with Crippen LogP contribution in [-0.2, 0) is 21.4 Å². The molecule has 0 fully saturated rings. The third kappa shape index (κ3) is 4.48. The number of hydrogen-bond acceptors (Lipinski definition) is 6. The number of carbonyl (C=O) groups is 1. The van der Waals surface area contributed by atoms with Gasteiger partial charge in [-0.15, -0.1) is 0 Å². The molecule has 0 radical (unpaired) electrons. The van der Waals surface area contributed by atoms with Crippen LogP contribution in [0.4, 0.5) is 10.1 Å². The first-order chi connectivity index (χ1) is 13.9. The Labute approximate surface area is 167 Å². The van der Waals surface area contributed by atoms with Gasteiger partial charge in [-0.2, -0.15) is 5.10 Å². The maximum absolute atomic E-state index is 14.1. The van der Waals surface area contributed by atoms with Gasteiger partial charge >= 0.3 is 0 Å². The molecule has 2 aromatic heterocycles. The fourth-order valence-corrected chi connectivity index (χ4v) is 4.30. The molecule has 10 heteroatoms. The van der Waals surface area contributed by atoms with E-state index in [0.29, 0.717) is 22.2 Å². The number of hydrogen-bond donors (Lipinski definition) is 0. The number of carbonyl (C=O) groups excluding carboxylic acids is 1. The van der Waals surface area contributed by atoms with Crippen molar-refractivity contribution in [2.24, 2.45) is 0 Å². The van der Waals surface area contributed by atoms with Crippen LogP contribution in [0.2, 0.25) is 0 Å². The lowest BCUT2D eigenvalue weighted by Gasteiger charge is -2.22. The van der Waals surface area contributed by atoms with E-state index in [9.17, 15) is 17.6 Å². The van der Waals surface area contributed by atoms with Crippen molar-refractivity contribution in [2.75, 3.05) is 17.2 Å². The van der Waals surface area contributed by atoms with Gasteiger partial charge in [0.15, 0.2) is 17.3 Å². The highest BCUT2D eigenvalue weighted by Gasteiger charge is 2.29. The first-order valence-corrected chi connectivity index (χ1v) is 10.4. The lowest BCUT2D eigenvalue weighted by Crippen LogP contribution is -2.40. The van der Waals surface area contributed by atoms with Gasteiger partial charge in [-0.1, -0.05) is 6.92 Å². The van der Waals surface area contributed by atoms with Crippen LogP contribution in [0.3, 0.4) is 0 Å². The minimum atomic E-state index is -4.00. The van der Waals surface area contributed by atoms with Gasteiger partial charge in [-0.25, -0.2) is 17.1 Å². The van der Waals surface area contributed by atoms with Gasteiger partial charge in [0.2, 0.25) is 10.0 Å². The first kappa shape index (κ1) is 20.6. The van der Waals surface area contributed by atoms with E-state index in [0.717, 1.165) is 6.07 Å². The number of halogens is 1. The Balaban J connectivity index is 1.92. The Kier molecular flexibility index (Phi) is 6.02. The molecule has 29 heavy (non-hydrogen) atoms. The molecular formula is C19H20FN3O5S. The molecule has 8 nitrogen and oxygen atoms in total. The number of benzene rings is 1. The summed E-state index contributed by atoms with van der Waals surface area (Å²) in [4.78, 5) is 12.9. The molecular weight excluding hydrogens is 401 g/mol. The Morgan fingerprint density at radius 3 is 2.72 bits per heavy atom. The predicted molar refractivity (Wildman–Crippen MR) is 104 cm³/mol. The van der Waals surface area contributed by atoms with E-state index in [4.69, 9.17) is 9.15 Å². The number of anilines is 1. The SMILES string of the molecule is CCCS(=O)(=O)N(C(=O)Cn1ccc(-c2ccco2)n1)c1ccc(OC)c(F)c1. The van der Waals surface area contributed by atoms with E-state index in [2.05, 4.69) is 5.10 Å². The van der Waals surface area contributed by atoms with Gasteiger partial charge in [0.05, 0.1) is 24.8 Å². The Hall–Kier alpha value is -3.14.